The van der Waals surface area contributed by atoms with Crippen molar-refractivity contribution in [1.29, 1.82) is 0 Å². The van der Waals surface area contributed by atoms with Crippen molar-refractivity contribution >= 4 is 23.2 Å². The molecule has 0 unspecified atom stereocenters. The molecule has 0 radical (unpaired) electrons. The zero-order valence-electron chi connectivity index (χ0n) is 9.64. The molecule has 1 aliphatic heterocycles. The molecule has 0 saturated carbocycles. The molecule has 2 amide bonds. The minimum Gasteiger partial charge on any atom is -0.398 e. The van der Waals surface area contributed by atoms with Gasteiger partial charge in [-0.3, -0.25) is 9.59 Å². The van der Waals surface area contributed by atoms with Crippen molar-refractivity contribution in [3.8, 4) is 0 Å². The Kier molecular flexibility index (Phi) is 2.75. The van der Waals surface area contributed by atoms with E-state index in [1.54, 1.807) is 11.0 Å². The van der Waals surface area contributed by atoms with Crippen molar-refractivity contribution in [3.63, 3.8) is 0 Å². The van der Waals surface area contributed by atoms with Gasteiger partial charge in [0, 0.05) is 24.3 Å². The number of carbonyl (C=O) groups is 2. The van der Waals surface area contributed by atoms with Crippen molar-refractivity contribution in [2.24, 2.45) is 11.7 Å². The number of rotatable bonds is 2. The lowest BCUT2D eigenvalue weighted by atomic mass is 10.1. The van der Waals surface area contributed by atoms with Gasteiger partial charge in [-0.15, -0.1) is 0 Å². The first-order chi connectivity index (χ1) is 7.99. The molecular weight excluding hydrogens is 218 g/mol. The predicted molar refractivity (Wildman–Crippen MR) is 65.2 cm³/mol. The van der Waals surface area contributed by atoms with E-state index in [0.29, 0.717) is 12.2 Å². The van der Waals surface area contributed by atoms with Crippen LogP contribution < -0.4 is 16.4 Å². The van der Waals surface area contributed by atoms with Crippen molar-refractivity contribution < 1.29 is 9.59 Å². The van der Waals surface area contributed by atoms with Crippen LogP contribution in [-0.2, 0) is 9.59 Å². The van der Waals surface area contributed by atoms with Crippen LogP contribution in [0.15, 0.2) is 18.2 Å². The van der Waals surface area contributed by atoms with Crippen LogP contribution >= 0.6 is 0 Å². The molecule has 1 aliphatic rings. The molecule has 2 rings (SSSR count). The largest absolute Gasteiger partial charge is 0.398 e. The van der Waals surface area contributed by atoms with Crippen LogP contribution in [0, 0.1) is 12.8 Å². The summed E-state index contributed by atoms with van der Waals surface area (Å²) in [5, 5.41) is 0. The highest BCUT2D eigenvalue weighted by Crippen LogP contribution is 2.27. The molecule has 5 heteroatoms. The Balaban J connectivity index is 2.26. The number of hydrogen-bond donors (Lipinski definition) is 2. The van der Waals surface area contributed by atoms with Gasteiger partial charge < -0.3 is 16.4 Å². The second-order valence-electron chi connectivity index (χ2n) is 4.35. The number of amides is 2. The summed E-state index contributed by atoms with van der Waals surface area (Å²) in [4.78, 5) is 24.4. The molecule has 1 saturated heterocycles. The molecule has 0 bridgehead atoms. The van der Waals surface area contributed by atoms with Crippen molar-refractivity contribution in [2.45, 2.75) is 13.3 Å². The van der Waals surface area contributed by atoms with Gasteiger partial charge in [0.2, 0.25) is 11.8 Å². The maximum atomic E-state index is 11.8. The number of benzene rings is 1. The highest BCUT2D eigenvalue weighted by molar-refractivity contribution is 6.00. The van der Waals surface area contributed by atoms with Gasteiger partial charge in [-0.05, 0) is 24.6 Å². The van der Waals surface area contributed by atoms with Crippen LogP contribution in [0.4, 0.5) is 11.4 Å². The summed E-state index contributed by atoms with van der Waals surface area (Å²) in [6, 6.07) is 5.43. The molecule has 4 N–H and O–H groups in total. The van der Waals surface area contributed by atoms with Crippen LogP contribution in [0.5, 0.6) is 0 Å². The van der Waals surface area contributed by atoms with E-state index in [9.17, 15) is 9.59 Å². The predicted octanol–water partition coefficient (Wildman–Crippen LogP) is 0.415. The van der Waals surface area contributed by atoms with E-state index in [0.717, 1.165) is 11.3 Å². The third-order valence-corrected chi connectivity index (χ3v) is 3.10. The highest BCUT2D eigenvalue weighted by Gasteiger charge is 2.33. The van der Waals surface area contributed by atoms with Gasteiger partial charge in [0.05, 0.1) is 5.92 Å². The number of anilines is 2. The van der Waals surface area contributed by atoms with E-state index in [-0.39, 0.29) is 12.3 Å². The third kappa shape index (κ3) is 2.08. The Morgan fingerprint density at radius 2 is 2.18 bits per heavy atom. The number of nitrogens with zero attached hydrogens (tertiary/aromatic N) is 1. The van der Waals surface area contributed by atoms with Gasteiger partial charge in [0.15, 0.2) is 0 Å². The van der Waals surface area contributed by atoms with Crippen LogP contribution in [0.3, 0.4) is 0 Å². The SMILES string of the molecule is Cc1ccc(N2C[C@H](C(N)=O)CC2=O)cc1N. The Hall–Kier alpha value is -2.04. The lowest BCUT2D eigenvalue weighted by Crippen LogP contribution is -2.28. The second-order valence-corrected chi connectivity index (χ2v) is 4.35. The Morgan fingerprint density at radius 3 is 2.71 bits per heavy atom. The molecule has 1 heterocycles. The minimum absolute atomic E-state index is 0.0861. The molecule has 5 nitrogen and oxygen atoms in total. The number of nitrogen functional groups attached to an aromatic ring is 1. The summed E-state index contributed by atoms with van der Waals surface area (Å²) < 4.78 is 0. The third-order valence-electron chi connectivity index (χ3n) is 3.10. The number of aryl methyl sites for hydroxylation is 1. The van der Waals surface area contributed by atoms with Gasteiger partial charge in [-0.2, -0.15) is 0 Å². The fourth-order valence-corrected chi connectivity index (χ4v) is 1.94. The first-order valence-electron chi connectivity index (χ1n) is 5.45. The molecule has 90 valence electrons. The summed E-state index contributed by atoms with van der Waals surface area (Å²) in [6.07, 6.45) is 0.184. The second kappa shape index (κ2) is 4.08. The van der Waals surface area contributed by atoms with Gasteiger partial charge in [-0.1, -0.05) is 6.07 Å². The standard InChI is InChI=1S/C12H15N3O2/c1-7-2-3-9(5-10(7)13)15-6-8(12(14)17)4-11(15)16/h2-3,5,8H,4,6,13H2,1H3,(H2,14,17)/t8-/m1/s1. The summed E-state index contributed by atoms with van der Waals surface area (Å²) in [5.74, 6) is -0.914. The molecule has 0 aromatic heterocycles. The summed E-state index contributed by atoms with van der Waals surface area (Å²) >= 11 is 0. The average Bonchev–Trinajstić information content (AvgIpc) is 2.65. The quantitative estimate of drug-likeness (QED) is 0.725. The van der Waals surface area contributed by atoms with E-state index >= 15 is 0 Å². The van der Waals surface area contributed by atoms with Crippen LogP contribution in [-0.4, -0.2) is 18.4 Å². The Morgan fingerprint density at radius 1 is 1.47 bits per heavy atom. The fourth-order valence-electron chi connectivity index (χ4n) is 1.94. The topological polar surface area (TPSA) is 89.4 Å². The molecule has 0 aliphatic carbocycles. The van der Waals surface area contributed by atoms with Crippen molar-refractivity contribution in [1.82, 2.24) is 0 Å². The molecule has 1 fully saturated rings. The van der Waals surface area contributed by atoms with Crippen molar-refractivity contribution in [3.05, 3.63) is 23.8 Å². The van der Waals surface area contributed by atoms with E-state index in [1.165, 1.54) is 0 Å². The van der Waals surface area contributed by atoms with Crippen LogP contribution in [0.1, 0.15) is 12.0 Å². The van der Waals surface area contributed by atoms with Gasteiger partial charge >= 0.3 is 0 Å². The first kappa shape index (κ1) is 11.4. The summed E-state index contributed by atoms with van der Waals surface area (Å²) in [7, 11) is 0. The Labute approximate surface area is 99.4 Å². The Bertz CT molecular complexity index is 485. The molecular formula is C12H15N3O2. The van der Waals surface area contributed by atoms with Crippen molar-refractivity contribution in [2.75, 3.05) is 17.2 Å². The number of carbonyl (C=O) groups excluding carboxylic acids is 2. The van der Waals surface area contributed by atoms with E-state index in [1.807, 2.05) is 19.1 Å². The summed E-state index contributed by atoms with van der Waals surface area (Å²) in [6.45, 7) is 2.24. The maximum Gasteiger partial charge on any atom is 0.227 e. The first-order valence-corrected chi connectivity index (χ1v) is 5.45. The molecule has 17 heavy (non-hydrogen) atoms. The minimum atomic E-state index is -0.430. The molecule has 0 spiro atoms. The lowest BCUT2D eigenvalue weighted by molar-refractivity contribution is -0.123. The van der Waals surface area contributed by atoms with E-state index < -0.39 is 11.8 Å². The zero-order valence-corrected chi connectivity index (χ0v) is 9.64. The van der Waals surface area contributed by atoms with E-state index in [4.69, 9.17) is 11.5 Å². The lowest BCUT2D eigenvalue weighted by Gasteiger charge is -2.17. The maximum absolute atomic E-state index is 11.8. The van der Waals surface area contributed by atoms with Gasteiger partial charge in [0.25, 0.3) is 0 Å². The normalized spacial score (nSPS) is 19.7. The highest BCUT2D eigenvalue weighted by atomic mass is 16.2. The molecule has 1 aromatic carbocycles. The number of nitrogens with two attached hydrogens (primary N) is 2. The van der Waals surface area contributed by atoms with Crippen LogP contribution in [0.25, 0.3) is 0 Å². The fraction of sp³-hybridized carbons (Fsp3) is 0.333. The summed E-state index contributed by atoms with van der Waals surface area (Å²) in [5.41, 5.74) is 13.3. The smallest absolute Gasteiger partial charge is 0.227 e. The molecule has 1 aromatic rings. The zero-order chi connectivity index (χ0) is 12.6. The average molecular weight is 233 g/mol. The number of primary amides is 1. The van der Waals surface area contributed by atoms with Gasteiger partial charge in [0.1, 0.15) is 0 Å². The monoisotopic (exact) mass is 233 g/mol. The molecule has 1 atom stereocenters. The number of hydrogen-bond acceptors (Lipinski definition) is 3. The van der Waals surface area contributed by atoms with Crippen LogP contribution in [0.2, 0.25) is 0 Å². The van der Waals surface area contributed by atoms with Gasteiger partial charge in [-0.25, -0.2) is 0 Å². The van der Waals surface area contributed by atoms with E-state index in [2.05, 4.69) is 0 Å².